The van der Waals surface area contributed by atoms with Crippen molar-refractivity contribution in [3.63, 3.8) is 0 Å². The normalized spacial score (nSPS) is 10.4. The number of hydrogen-bond acceptors (Lipinski definition) is 4. The lowest BCUT2D eigenvalue weighted by Crippen LogP contribution is -2.44. The molecule has 1 aromatic rings. The molecule has 1 N–H and O–H groups in total. The van der Waals surface area contributed by atoms with Crippen LogP contribution in [0.3, 0.4) is 0 Å². The van der Waals surface area contributed by atoms with Gasteiger partial charge in [0.05, 0.1) is 22.2 Å². The van der Waals surface area contributed by atoms with E-state index in [2.05, 4.69) is 5.32 Å². The molecule has 0 aliphatic heterocycles. The first kappa shape index (κ1) is 20.3. The van der Waals surface area contributed by atoms with Crippen LogP contribution in [-0.2, 0) is 14.3 Å². The van der Waals surface area contributed by atoms with E-state index in [0.717, 1.165) is 0 Å². The Kier molecular flexibility index (Phi) is 8.01. The van der Waals surface area contributed by atoms with Crippen LogP contribution in [0, 0.1) is 0 Å². The fraction of sp³-hybridized carbons (Fsp3) is 0.438. The second-order valence-electron chi connectivity index (χ2n) is 5.30. The van der Waals surface area contributed by atoms with Crippen molar-refractivity contribution < 1.29 is 19.1 Å². The van der Waals surface area contributed by atoms with E-state index in [1.165, 1.54) is 17.0 Å². The summed E-state index contributed by atoms with van der Waals surface area (Å²) in [6, 6.07) is 4.58. The number of hydrogen-bond donors (Lipinski definition) is 1. The monoisotopic (exact) mass is 374 g/mol. The van der Waals surface area contributed by atoms with Crippen LogP contribution in [-0.4, -0.2) is 48.4 Å². The maximum absolute atomic E-state index is 12.1. The number of esters is 1. The predicted molar refractivity (Wildman–Crippen MR) is 92.3 cm³/mol. The van der Waals surface area contributed by atoms with Gasteiger partial charge in [-0.1, -0.05) is 29.3 Å². The molecule has 0 saturated heterocycles. The highest BCUT2D eigenvalue weighted by atomic mass is 35.5. The van der Waals surface area contributed by atoms with Gasteiger partial charge in [-0.2, -0.15) is 0 Å². The van der Waals surface area contributed by atoms with Crippen molar-refractivity contribution in [1.82, 2.24) is 10.2 Å². The number of likely N-dealkylation sites (N-methyl/N-ethyl adjacent to an activating group) is 1. The van der Waals surface area contributed by atoms with Crippen molar-refractivity contribution in [1.29, 1.82) is 0 Å². The van der Waals surface area contributed by atoms with Crippen LogP contribution in [0.25, 0.3) is 0 Å². The van der Waals surface area contributed by atoms with Gasteiger partial charge in [0, 0.05) is 12.6 Å². The topological polar surface area (TPSA) is 75.7 Å². The minimum absolute atomic E-state index is 0.00855. The molecule has 0 aliphatic rings. The molecule has 24 heavy (non-hydrogen) atoms. The zero-order valence-corrected chi connectivity index (χ0v) is 15.3. The van der Waals surface area contributed by atoms with Gasteiger partial charge in [-0.05, 0) is 32.9 Å². The summed E-state index contributed by atoms with van der Waals surface area (Å²) in [5.74, 6) is -1.55. The van der Waals surface area contributed by atoms with E-state index in [1.54, 1.807) is 13.0 Å². The van der Waals surface area contributed by atoms with Gasteiger partial charge in [0.25, 0.3) is 5.91 Å². The predicted octanol–water partition coefficient (Wildman–Crippen LogP) is 2.52. The summed E-state index contributed by atoms with van der Waals surface area (Å²) in [7, 11) is 0. The van der Waals surface area contributed by atoms with Crippen LogP contribution >= 0.6 is 23.2 Å². The van der Waals surface area contributed by atoms with Crippen LogP contribution in [0.15, 0.2) is 18.2 Å². The number of halogens is 2. The lowest BCUT2D eigenvalue weighted by Gasteiger charge is -2.21. The highest BCUT2D eigenvalue weighted by molar-refractivity contribution is 6.39. The molecule has 0 atom stereocenters. The smallest absolute Gasteiger partial charge is 0.341 e. The minimum Gasteiger partial charge on any atom is -0.452 e. The van der Waals surface area contributed by atoms with Crippen molar-refractivity contribution in [2.45, 2.75) is 26.8 Å². The lowest BCUT2D eigenvalue weighted by atomic mass is 10.2. The molecule has 6 nitrogen and oxygen atoms in total. The molecule has 1 rings (SSSR count). The first-order chi connectivity index (χ1) is 11.3. The Morgan fingerprint density at radius 2 is 1.79 bits per heavy atom. The molecular weight excluding hydrogens is 355 g/mol. The Bertz CT molecular complexity index is 600. The third kappa shape index (κ3) is 6.02. The number of nitrogens with zero attached hydrogens (tertiary/aromatic N) is 1. The summed E-state index contributed by atoms with van der Waals surface area (Å²) in [6.07, 6.45) is 0. The van der Waals surface area contributed by atoms with Gasteiger partial charge < -0.3 is 15.0 Å². The molecule has 0 unspecified atom stereocenters. The van der Waals surface area contributed by atoms with Gasteiger partial charge in [0.1, 0.15) is 0 Å². The Balaban J connectivity index is 2.63. The fourth-order valence-corrected chi connectivity index (χ4v) is 2.45. The summed E-state index contributed by atoms with van der Waals surface area (Å²) in [5, 5.41) is 2.98. The van der Waals surface area contributed by atoms with Crippen molar-refractivity contribution in [2.75, 3.05) is 19.7 Å². The minimum atomic E-state index is -0.790. The largest absolute Gasteiger partial charge is 0.452 e. The van der Waals surface area contributed by atoms with Crippen LogP contribution in [0.1, 0.15) is 31.1 Å². The molecule has 1 aromatic carbocycles. The third-order valence-electron chi connectivity index (χ3n) is 3.01. The van der Waals surface area contributed by atoms with E-state index >= 15 is 0 Å². The molecule has 132 valence electrons. The van der Waals surface area contributed by atoms with Crippen LogP contribution in [0.2, 0.25) is 10.0 Å². The zero-order valence-electron chi connectivity index (χ0n) is 13.8. The molecule has 0 aromatic heterocycles. The summed E-state index contributed by atoms with van der Waals surface area (Å²) in [4.78, 5) is 37.2. The number of carbonyl (C=O) groups excluding carboxylic acids is 3. The SMILES string of the molecule is CCN(CC(=O)NC(C)C)C(=O)COC(=O)c1c(Cl)cccc1Cl. The van der Waals surface area contributed by atoms with Gasteiger partial charge in [-0.25, -0.2) is 4.79 Å². The molecule has 0 heterocycles. The van der Waals surface area contributed by atoms with Crippen molar-refractivity contribution in [3.8, 4) is 0 Å². The summed E-state index contributed by atoms with van der Waals surface area (Å²) < 4.78 is 4.97. The van der Waals surface area contributed by atoms with Crippen molar-refractivity contribution >= 4 is 41.0 Å². The average Bonchev–Trinajstić information content (AvgIpc) is 2.49. The molecule has 0 fully saturated rings. The Morgan fingerprint density at radius 1 is 1.21 bits per heavy atom. The molecule has 0 aliphatic carbocycles. The molecule has 0 saturated carbocycles. The van der Waals surface area contributed by atoms with Gasteiger partial charge in [-0.15, -0.1) is 0 Å². The highest BCUT2D eigenvalue weighted by Gasteiger charge is 2.20. The van der Waals surface area contributed by atoms with E-state index in [1.807, 2.05) is 13.8 Å². The maximum atomic E-state index is 12.1. The Morgan fingerprint density at radius 3 is 2.29 bits per heavy atom. The van der Waals surface area contributed by atoms with Crippen molar-refractivity contribution in [3.05, 3.63) is 33.8 Å². The van der Waals surface area contributed by atoms with E-state index in [4.69, 9.17) is 27.9 Å². The van der Waals surface area contributed by atoms with E-state index < -0.39 is 18.5 Å². The Labute approximate surface area is 151 Å². The molecule has 2 amide bonds. The molecule has 0 bridgehead atoms. The summed E-state index contributed by atoms with van der Waals surface area (Å²) in [5.41, 5.74) is 0.00855. The quantitative estimate of drug-likeness (QED) is 0.744. The van der Waals surface area contributed by atoms with E-state index in [9.17, 15) is 14.4 Å². The number of ether oxygens (including phenoxy) is 1. The summed E-state index contributed by atoms with van der Waals surface area (Å²) in [6.45, 7) is 5.10. The standard InChI is InChI=1S/C16H20Cl2N2O4/c1-4-20(8-13(21)19-10(2)3)14(22)9-24-16(23)15-11(17)6-5-7-12(15)18/h5-7,10H,4,8-9H2,1-3H3,(H,19,21). The average molecular weight is 375 g/mol. The highest BCUT2D eigenvalue weighted by Crippen LogP contribution is 2.24. The van der Waals surface area contributed by atoms with Gasteiger partial charge in [-0.3, -0.25) is 9.59 Å². The maximum Gasteiger partial charge on any atom is 0.341 e. The number of carbonyl (C=O) groups is 3. The number of amides is 2. The van der Waals surface area contributed by atoms with E-state index in [0.29, 0.717) is 6.54 Å². The van der Waals surface area contributed by atoms with Crippen molar-refractivity contribution in [2.24, 2.45) is 0 Å². The third-order valence-corrected chi connectivity index (χ3v) is 3.64. The van der Waals surface area contributed by atoms with Gasteiger partial charge >= 0.3 is 5.97 Å². The molecule has 0 spiro atoms. The second kappa shape index (κ2) is 9.49. The van der Waals surface area contributed by atoms with Crippen LogP contribution in [0.4, 0.5) is 0 Å². The lowest BCUT2D eigenvalue weighted by molar-refractivity contribution is -0.138. The zero-order chi connectivity index (χ0) is 18.3. The van der Waals surface area contributed by atoms with Crippen LogP contribution in [0.5, 0.6) is 0 Å². The number of nitrogens with one attached hydrogen (secondary N) is 1. The first-order valence-corrected chi connectivity index (χ1v) is 8.20. The Hall–Kier alpha value is -1.79. The van der Waals surface area contributed by atoms with Gasteiger partial charge in [0.15, 0.2) is 6.61 Å². The first-order valence-electron chi connectivity index (χ1n) is 7.44. The molecule has 8 heteroatoms. The number of rotatable bonds is 7. The molecular formula is C16H20Cl2N2O4. The van der Waals surface area contributed by atoms with Crippen LogP contribution < -0.4 is 5.32 Å². The summed E-state index contributed by atoms with van der Waals surface area (Å²) >= 11 is 11.8. The fourth-order valence-electron chi connectivity index (χ4n) is 1.90. The second-order valence-corrected chi connectivity index (χ2v) is 6.12. The molecule has 0 radical (unpaired) electrons. The number of benzene rings is 1. The van der Waals surface area contributed by atoms with Gasteiger partial charge in [0.2, 0.25) is 5.91 Å². The van der Waals surface area contributed by atoms with E-state index in [-0.39, 0.29) is 34.1 Å².